The van der Waals surface area contributed by atoms with E-state index in [1.54, 1.807) is 25.8 Å². The first kappa shape index (κ1) is 13.6. The highest BCUT2D eigenvalue weighted by Crippen LogP contribution is 2.14. The summed E-state index contributed by atoms with van der Waals surface area (Å²) in [6.07, 6.45) is 0. The highest BCUT2D eigenvalue weighted by molar-refractivity contribution is 7.16. The smallest absolute Gasteiger partial charge is 0.320 e. The summed E-state index contributed by atoms with van der Waals surface area (Å²) < 4.78 is 1.24. The van der Waals surface area contributed by atoms with Gasteiger partial charge in [-0.15, -0.1) is 0 Å². The molecule has 0 aliphatic heterocycles. The molecule has 0 fully saturated rings. The Kier molecular flexibility index (Phi) is 3.63. The molecule has 8 heteroatoms. The molecule has 0 aliphatic rings. The molecule has 102 valence electrons. The van der Waals surface area contributed by atoms with Crippen LogP contribution >= 0.6 is 11.3 Å². The van der Waals surface area contributed by atoms with Crippen molar-refractivity contribution >= 4 is 22.3 Å². The van der Waals surface area contributed by atoms with Crippen LogP contribution in [0.25, 0.3) is 4.96 Å². The fraction of sp³-hybridized carbons (Fsp3) is 0.455. The van der Waals surface area contributed by atoms with Gasteiger partial charge in [-0.05, 0) is 20.9 Å². The number of carbonyl (C=O) groups is 1. The van der Waals surface area contributed by atoms with Gasteiger partial charge in [0.1, 0.15) is 11.0 Å². The Hall–Kier alpha value is -1.80. The van der Waals surface area contributed by atoms with Gasteiger partial charge < -0.3 is 5.11 Å². The lowest BCUT2D eigenvalue weighted by atomic mass is 10.3. The molecular formula is C11H14N4O3S. The summed E-state index contributed by atoms with van der Waals surface area (Å²) in [6.45, 7) is 3.71. The third kappa shape index (κ3) is 2.79. The lowest BCUT2D eigenvalue weighted by molar-refractivity contribution is -0.142. The van der Waals surface area contributed by atoms with E-state index in [4.69, 9.17) is 5.11 Å². The van der Waals surface area contributed by atoms with E-state index < -0.39 is 12.0 Å². The van der Waals surface area contributed by atoms with Crippen LogP contribution in [-0.2, 0) is 11.3 Å². The molecule has 19 heavy (non-hydrogen) atoms. The molecular weight excluding hydrogens is 268 g/mol. The van der Waals surface area contributed by atoms with Gasteiger partial charge in [-0.3, -0.25) is 14.5 Å². The second kappa shape index (κ2) is 5.06. The Morgan fingerprint density at radius 1 is 1.63 bits per heavy atom. The van der Waals surface area contributed by atoms with Crippen molar-refractivity contribution in [3.63, 3.8) is 0 Å². The molecule has 0 radical (unpaired) electrons. The number of hydrogen-bond acceptors (Lipinski definition) is 6. The zero-order valence-electron chi connectivity index (χ0n) is 10.8. The highest BCUT2D eigenvalue weighted by Gasteiger charge is 2.18. The molecule has 0 aliphatic carbocycles. The Labute approximate surface area is 113 Å². The van der Waals surface area contributed by atoms with E-state index in [-0.39, 0.29) is 5.56 Å². The lowest BCUT2D eigenvalue weighted by Crippen LogP contribution is -2.35. The third-order valence-electron chi connectivity index (χ3n) is 2.82. The van der Waals surface area contributed by atoms with Gasteiger partial charge in [0.15, 0.2) is 0 Å². The minimum absolute atomic E-state index is 0.223. The molecule has 2 heterocycles. The van der Waals surface area contributed by atoms with Gasteiger partial charge in [0.05, 0.1) is 6.54 Å². The molecule has 7 nitrogen and oxygen atoms in total. The van der Waals surface area contributed by atoms with E-state index in [2.05, 4.69) is 10.1 Å². The maximum atomic E-state index is 11.7. The Balaban J connectivity index is 2.30. The topological polar surface area (TPSA) is 87.8 Å². The van der Waals surface area contributed by atoms with E-state index in [9.17, 15) is 9.59 Å². The Morgan fingerprint density at radius 2 is 2.32 bits per heavy atom. The number of likely N-dealkylation sites (N-methyl/N-ethyl adjacent to an activating group) is 1. The molecule has 0 saturated carbocycles. The van der Waals surface area contributed by atoms with Crippen LogP contribution < -0.4 is 5.56 Å². The minimum Gasteiger partial charge on any atom is -0.480 e. The van der Waals surface area contributed by atoms with Crippen molar-refractivity contribution in [1.82, 2.24) is 19.5 Å². The molecule has 0 amide bonds. The minimum atomic E-state index is -0.894. The number of hydrogen-bond donors (Lipinski definition) is 1. The van der Waals surface area contributed by atoms with Gasteiger partial charge in [-0.25, -0.2) is 4.98 Å². The Bertz CT molecular complexity index is 678. The van der Waals surface area contributed by atoms with E-state index in [1.807, 2.05) is 0 Å². The van der Waals surface area contributed by atoms with E-state index in [1.165, 1.54) is 21.9 Å². The first-order valence-electron chi connectivity index (χ1n) is 5.68. The van der Waals surface area contributed by atoms with Crippen molar-refractivity contribution in [3.05, 3.63) is 27.1 Å². The van der Waals surface area contributed by atoms with Crippen LogP contribution in [0.15, 0.2) is 10.9 Å². The van der Waals surface area contributed by atoms with Crippen molar-refractivity contribution in [1.29, 1.82) is 0 Å². The summed E-state index contributed by atoms with van der Waals surface area (Å²) in [7, 11) is 1.70. The number of rotatable bonds is 4. The summed E-state index contributed by atoms with van der Waals surface area (Å²) in [5, 5.41) is 13.7. The number of fused-ring (bicyclic) bond motifs is 1. The fourth-order valence-corrected chi connectivity index (χ4v) is 2.57. The van der Waals surface area contributed by atoms with Crippen molar-refractivity contribution in [2.45, 2.75) is 26.4 Å². The molecule has 2 aromatic rings. The number of carboxylic acid groups (broad SMARTS) is 1. The van der Waals surface area contributed by atoms with E-state index in [0.29, 0.717) is 22.2 Å². The van der Waals surface area contributed by atoms with Crippen LogP contribution in [0.4, 0.5) is 0 Å². The quantitative estimate of drug-likeness (QED) is 0.871. The zero-order chi connectivity index (χ0) is 14.2. The first-order valence-corrected chi connectivity index (χ1v) is 6.49. The van der Waals surface area contributed by atoms with E-state index in [0.717, 1.165) is 0 Å². The molecule has 0 bridgehead atoms. The SMILES string of the molecule is Cc1cc(=O)n2nc(CN(C)C(C)C(=O)O)sc2n1. The normalized spacial score (nSPS) is 13.1. The summed E-state index contributed by atoms with van der Waals surface area (Å²) in [5.41, 5.74) is 0.423. The third-order valence-corrected chi connectivity index (χ3v) is 3.71. The number of aliphatic carboxylic acids is 1. The van der Waals surface area contributed by atoms with Crippen molar-refractivity contribution in [2.24, 2.45) is 0 Å². The number of aryl methyl sites for hydroxylation is 1. The van der Waals surface area contributed by atoms with Crippen molar-refractivity contribution in [2.75, 3.05) is 7.05 Å². The first-order chi connectivity index (χ1) is 8.88. The van der Waals surface area contributed by atoms with Crippen LogP contribution in [0.3, 0.4) is 0 Å². The monoisotopic (exact) mass is 282 g/mol. The van der Waals surface area contributed by atoms with Gasteiger partial charge >= 0.3 is 5.97 Å². The number of carboxylic acids is 1. The van der Waals surface area contributed by atoms with Crippen LogP contribution in [0.2, 0.25) is 0 Å². The Morgan fingerprint density at radius 3 is 2.95 bits per heavy atom. The predicted octanol–water partition coefficient (Wildman–Crippen LogP) is 0.364. The average molecular weight is 282 g/mol. The molecule has 0 aromatic carbocycles. The molecule has 1 unspecified atom stereocenters. The molecule has 1 N–H and O–H groups in total. The van der Waals surface area contributed by atoms with E-state index >= 15 is 0 Å². The lowest BCUT2D eigenvalue weighted by Gasteiger charge is -2.18. The largest absolute Gasteiger partial charge is 0.480 e. The summed E-state index contributed by atoms with van der Waals surface area (Å²) in [5.74, 6) is -0.894. The van der Waals surface area contributed by atoms with Gasteiger partial charge in [-0.2, -0.15) is 9.61 Å². The van der Waals surface area contributed by atoms with Crippen molar-refractivity contribution < 1.29 is 9.90 Å². The number of aromatic nitrogens is 3. The van der Waals surface area contributed by atoms with Gasteiger partial charge in [0, 0.05) is 11.8 Å². The predicted molar refractivity (Wildman–Crippen MR) is 70.4 cm³/mol. The standard InChI is InChI=1S/C11H14N4O3S/c1-6-4-9(16)15-11(12-6)19-8(13-15)5-14(3)7(2)10(17)18/h4,7H,5H2,1-3H3,(H,17,18). The van der Waals surface area contributed by atoms with Gasteiger partial charge in [0.25, 0.3) is 5.56 Å². The summed E-state index contributed by atoms with van der Waals surface area (Å²) >= 11 is 1.29. The summed E-state index contributed by atoms with van der Waals surface area (Å²) in [6, 6.07) is 0.804. The fourth-order valence-electron chi connectivity index (χ4n) is 1.56. The van der Waals surface area contributed by atoms with Crippen molar-refractivity contribution in [3.8, 4) is 0 Å². The van der Waals surface area contributed by atoms with Gasteiger partial charge in [-0.1, -0.05) is 11.3 Å². The van der Waals surface area contributed by atoms with Gasteiger partial charge in [0.2, 0.25) is 4.96 Å². The average Bonchev–Trinajstić information content (AvgIpc) is 2.70. The second-order valence-corrected chi connectivity index (χ2v) is 5.40. The summed E-state index contributed by atoms with van der Waals surface area (Å²) in [4.78, 5) is 29.0. The highest BCUT2D eigenvalue weighted by atomic mass is 32.1. The molecule has 1 atom stereocenters. The zero-order valence-corrected chi connectivity index (χ0v) is 11.6. The van der Waals surface area contributed by atoms with Crippen LogP contribution in [0, 0.1) is 6.92 Å². The molecule has 0 saturated heterocycles. The van der Waals surface area contributed by atoms with Crippen LogP contribution in [0.1, 0.15) is 17.6 Å². The maximum Gasteiger partial charge on any atom is 0.320 e. The van der Waals surface area contributed by atoms with Crippen LogP contribution in [0.5, 0.6) is 0 Å². The maximum absolute atomic E-state index is 11.7. The van der Waals surface area contributed by atoms with Crippen LogP contribution in [-0.4, -0.2) is 43.7 Å². The molecule has 0 spiro atoms. The molecule has 2 aromatic heterocycles. The molecule has 2 rings (SSSR count). The second-order valence-electron chi connectivity index (χ2n) is 4.36. The number of nitrogens with zero attached hydrogens (tertiary/aromatic N) is 4.